The van der Waals surface area contributed by atoms with E-state index in [0.717, 1.165) is 19.4 Å². The van der Waals surface area contributed by atoms with Gasteiger partial charge in [0, 0.05) is 12.6 Å². The lowest BCUT2D eigenvalue weighted by atomic mass is 9.65. The van der Waals surface area contributed by atoms with Crippen molar-refractivity contribution in [1.82, 2.24) is 15.1 Å². The average molecular weight is 361 g/mol. The minimum Gasteiger partial charge on any atom is -0.459 e. The van der Waals surface area contributed by atoms with Crippen LogP contribution < -0.4 is 0 Å². The number of fused-ring (bicyclic) bond motifs is 2. The maximum atomic E-state index is 12.7. The number of amides is 1. The molecule has 25 heavy (non-hydrogen) atoms. The highest BCUT2D eigenvalue weighted by atomic mass is 32.2. The van der Waals surface area contributed by atoms with E-state index in [2.05, 4.69) is 35.9 Å². The second kappa shape index (κ2) is 5.90. The van der Waals surface area contributed by atoms with Crippen molar-refractivity contribution in [2.45, 2.75) is 51.3 Å². The van der Waals surface area contributed by atoms with Gasteiger partial charge in [0.25, 0.3) is 11.1 Å². The van der Waals surface area contributed by atoms with Crippen LogP contribution in [0.2, 0.25) is 0 Å². The summed E-state index contributed by atoms with van der Waals surface area (Å²) in [5.41, 5.74) is 0.563. The van der Waals surface area contributed by atoms with Crippen molar-refractivity contribution >= 4 is 17.7 Å². The van der Waals surface area contributed by atoms with Crippen LogP contribution in [0.1, 0.15) is 40.0 Å². The van der Waals surface area contributed by atoms with Gasteiger partial charge in [-0.25, -0.2) is 0 Å². The summed E-state index contributed by atoms with van der Waals surface area (Å²) >= 11 is 1.29. The third-order valence-corrected chi connectivity index (χ3v) is 6.00. The van der Waals surface area contributed by atoms with Crippen molar-refractivity contribution in [1.29, 1.82) is 0 Å². The molecule has 1 aliphatic heterocycles. The number of hydrogen-bond donors (Lipinski definition) is 0. The van der Waals surface area contributed by atoms with E-state index in [1.54, 1.807) is 18.4 Å². The smallest absolute Gasteiger partial charge is 0.284 e. The van der Waals surface area contributed by atoms with Crippen LogP contribution in [0.15, 0.2) is 32.5 Å². The molecule has 6 nitrogen and oxygen atoms in total. The number of carbonyl (C=O) groups excluding carboxylic acids is 1. The average Bonchev–Trinajstić information content (AvgIpc) is 3.22. The second-order valence-corrected chi connectivity index (χ2v) is 9.30. The highest BCUT2D eigenvalue weighted by Crippen LogP contribution is 2.52. The van der Waals surface area contributed by atoms with Gasteiger partial charge in [-0.3, -0.25) is 4.79 Å². The van der Waals surface area contributed by atoms with Crippen molar-refractivity contribution in [2.75, 3.05) is 12.3 Å². The lowest BCUT2D eigenvalue weighted by Crippen LogP contribution is -2.38. The molecular formula is C18H23N3O3S. The fourth-order valence-electron chi connectivity index (χ4n) is 4.73. The van der Waals surface area contributed by atoms with Gasteiger partial charge in [0.2, 0.25) is 5.91 Å². The number of furan rings is 1. The largest absolute Gasteiger partial charge is 0.459 e. The zero-order valence-electron chi connectivity index (χ0n) is 14.8. The minimum absolute atomic E-state index is 0.161. The topological polar surface area (TPSA) is 72.4 Å². The van der Waals surface area contributed by atoms with Crippen LogP contribution in [0.5, 0.6) is 0 Å². The van der Waals surface area contributed by atoms with Gasteiger partial charge >= 0.3 is 0 Å². The molecular weight excluding hydrogens is 338 g/mol. The minimum atomic E-state index is 0.161. The Morgan fingerprint density at radius 2 is 2.20 bits per heavy atom. The lowest BCUT2D eigenvalue weighted by molar-refractivity contribution is -0.129. The monoisotopic (exact) mass is 361 g/mol. The first-order valence-electron chi connectivity index (χ1n) is 8.63. The maximum Gasteiger partial charge on any atom is 0.284 e. The van der Waals surface area contributed by atoms with E-state index in [1.807, 2.05) is 0 Å². The molecule has 3 heterocycles. The Hall–Kier alpha value is -1.76. The van der Waals surface area contributed by atoms with Gasteiger partial charge in [-0.1, -0.05) is 32.5 Å². The molecule has 7 heteroatoms. The van der Waals surface area contributed by atoms with Crippen LogP contribution in [-0.2, 0) is 4.79 Å². The zero-order valence-corrected chi connectivity index (χ0v) is 15.6. The van der Waals surface area contributed by atoms with Crippen LogP contribution in [0.3, 0.4) is 0 Å². The third-order valence-electron chi connectivity index (χ3n) is 5.19. The normalized spacial score (nSPS) is 27.6. The van der Waals surface area contributed by atoms with Gasteiger partial charge in [0.05, 0.1) is 12.0 Å². The zero-order chi connectivity index (χ0) is 17.7. The molecule has 1 saturated carbocycles. The first kappa shape index (κ1) is 16.7. The summed E-state index contributed by atoms with van der Waals surface area (Å²) in [7, 11) is 0. The molecule has 134 valence electrons. The van der Waals surface area contributed by atoms with Gasteiger partial charge < -0.3 is 13.7 Å². The number of thioether (sulfide) groups is 1. The van der Waals surface area contributed by atoms with Gasteiger partial charge in [-0.2, -0.15) is 0 Å². The molecule has 1 aliphatic carbocycles. The number of nitrogens with zero attached hydrogens (tertiary/aromatic N) is 3. The summed E-state index contributed by atoms with van der Waals surface area (Å²) in [5.74, 6) is 1.36. The van der Waals surface area contributed by atoms with Crippen LogP contribution in [0.25, 0.3) is 11.7 Å². The quantitative estimate of drug-likeness (QED) is 0.770. The molecule has 4 rings (SSSR count). The predicted octanol–water partition coefficient (Wildman–Crippen LogP) is 3.85. The van der Waals surface area contributed by atoms with Gasteiger partial charge in [0.1, 0.15) is 0 Å². The molecule has 1 saturated heterocycles. The summed E-state index contributed by atoms with van der Waals surface area (Å²) in [6.07, 6.45) is 4.95. The van der Waals surface area contributed by atoms with Crippen molar-refractivity contribution < 1.29 is 13.6 Å². The number of carbonyl (C=O) groups is 1. The molecule has 2 aliphatic rings. The van der Waals surface area contributed by atoms with Crippen LogP contribution in [-0.4, -0.2) is 39.3 Å². The van der Waals surface area contributed by atoms with Gasteiger partial charge in [-0.15, -0.1) is 10.2 Å². The van der Waals surface area contributed by atoms with E-state index >= 15 is 0 Å². The highest BCUT2D eigenvalue weighted by molar-refractivity contribution is 7.99. The summed E-state index contributed by atoms with van der Waals surface area (Å²) < 4.78 is 10.8. The number of likely N-dealkylation sites (tertiary alicyclic amines) is 1. The van der Waals surface area contributed by atoms with Gasteiger partial charge in [-0.05, 0) is 42.2 Å². The van der Waals surface area contributed by atoms with Crippen molar-refractivity contribution in [3.8, 4) is 11.7 Å². The first-order valence-corrected chi connectivity index (χ1v) is 9.62. The van der Waals surface area contributed by atoms with E-state index in [4.69, 9.17) is 8.83 Å². The molecule has 1 amide bonds. The maximum absolute atomic E-state index is 12.7. The molecule has 0 aromatic carbocycles. The Morgan fingerprint density at radius 1 is 1.36 bits per heavy atom. The first-order chi connectivity index (χ1) is 11.8. The Bertz CT molecular complexity index is 770. The SMILES string of the molecule is CC1(C)C[C@H]2C[C@](C)(CN2C(=O)CSc2nnc(-c3ccco3)o2)C1. The Morgan fingerprint density at radius 3 is 2.96 bits per heavy atom. The van der Waals surface area contributed by atoms with Crippen LogP contribution >= 0.6 is 11.8 Å². The third kappa shape index (κ3) is 3.34. The molecule has 0 N–H and O–H groups in total. The molecule has 2 atom stereocenters. The van der Waals surface area contributed by atoms with Gasteiger partial charge in [0.15, 0.2) is 5.76 Å². The fraction of sp³-hybridized carbons (Fsp3) is 0.611. The molecule has 0 spiro atoms. The Balaban J connectivity index is 1.38. The van der Waals surface area contributed by atoms with Crippen LogP contribution in [0, 0.1) is 10.8 Å². The highest BCUT2D eigenvalue weighted by Gasteiger charge is 2.50. The number of hydrogen-bond acceptors (Lipinski definition) is 6. The molecule has 0 unspecified atom stereocenters. The summed E-state index contributed by atoms with van der Waals surface area (Å²) in [5, 5.41) is 8.35. The number of aromatic nitrogens is 2. The van der Waals surface area contributed by atoms with E-state index in [9.17, 15) is 4.79 Å². The van der Waals surface area contributed by atoms with E-state index < -0.39 is 0 Å². The molecule has 0 radical (unpaired) electrons. The standard InChI is InChI=1S/C18H23N3O3S/c1-17(2)7-12-8-18(3,10-17)11-21(12)14(22)9-25-16-20-19-15(24-16)13-5-4-6-23-13/h4-6,12H,7-11H2,1-3H3/t12-,18-/m0/s1. The fourth-order valence-corrected chi connectivity index (χ4v) is 5.38. The van der Waals surface area contributed by atoms with Crippen molar-refractivity contribution in [3.05, 3.63) is 18.4 Å². The predicted molar refractivity (Wildman–Crippen MR) is 94.0 cm³/mol. The molecule has 2 aromatic heterocycles. The van der Waals surface area contributed by atoms with E-state index in [0.29, 0.717) is 34.1 Å². The Labute approximate surface area is 151 Å². The van der Waals surface area contributed by atoms with E-state index in [1.165, 1.54) is 18.2 Å². The molecule has 2 fully saturated rings. The Kier molecular flexibility index (Phi) is 3.94. The molecule has 2 aromatic rings. The van der Waals surface area contributed by atoms with Crippen molar-refractivity contribution in [2.24, 2.45) is 10.8 Å². The summed E-state index contributed by atoms with van der Waals surface area (Å²) in [4.78, 5) is 14.8. The summed E-state index contributed by atoms with van der Waals surface area (Å²) in [6, 6.07) is 3.90. The number of rotatable bonds is 4. The van der Waals surface area contributed by atoms with E-state index in [-0.39, 0.29) is 11.3 Å². The molecule has 2 bridgehead atoms. The second-order valence-electron chi connectivity index (χ2n) is 8.37. The summed E-state index contributed by atoms with van der Waals surface area (Å²) in [6.45, 7) is 7.81. The lowest BCUT2D eigenvalue weighted by Gasteiger charge is -2.39. The van der Waals surface area contributed by atoms with Crippen LogP contribution in [0.4, 0.5) is 0 Å². The van der Waals surface area contributed by atoms with Crippen molar-refractivity contribution in [3.63, 3.8) is 0 Å².